The molecule has 0 saturated carbocycles. The molecular formula is C19H21N5OS. The van der Waals surface area contributed by atoms with Crippen molar-refractivity contribution < 1.29 is 4.79 Å². The number of H-pyrrole nitrogens is 1. The Morgan fingerprint density at radius 1 is 1.19 bits per heavy atom. The SMILES string of the molecule is Cc1nn(Cc2ccccc2)c(C)c1C1SCC(=O)Nc2n[nH]c(C)c21. The molecule has 1 amide bonds. The molecule has 1 atom stereocenters. The molecule has 3 aromatic rings. The highest BCUT2D eigenvalue weighted by molar-refractivity contribution is 8.00. The molecule has 0 bridgehead atoms. The summed E-state index contributed by atoms with van der Waals surface area (Å²) < 4.78 is 2.05. The van der Waals surface area contributed by atoms with E-state index in [1.165, 1.54) is 11.1 Å². The lowest BCUT2D eigenvalue weighted by molar-refractivity contribution is -0.113. The van der Waals surface area contributed by atoms with E-state index in [0.717, 1.165) is 29.2 Å². The first-order chi connectivity index (χ1) is 12.5. The molecule has 0 radical (unpaired) electrons. The Hall–Kier alpha value is -2.54. The molecule has 1 unspecified atom stereocenters. The first-order valence-corrected chi connectivity index (χ1v) is 9.63. The Bertz CT molecular complexity index is 960. The number of carbonyl (C=O) groups excluding carboxylic acids is 1. The van der Waals surface area contributed by atoms with Gasteiger partial charge in [0.15, 0.2) is 5.82 Å². The number of hydrogen-bond acceptors (Lipinski definition) is 4. The number of anilines is 1. The monoisotopic (exact) mass is 367 g/mol. The van der Waals surface area contributed by atoms with Crippen LogP contribution in [0.15, 0.2) is 30.3 Å². The normalized spacial score (nSPS) is 16.9. The topological polar surface area (TPSA) is 75.6 Å². The van der Waals surface area contributed by atoms with E-state index in [-0.39, 0.29) is 11.2 Å². The molecule has 0 fully saturated rings. The van der Waals surface area contributed by atoms with Gasteiger partial charge in [-0.2, -0.15) is 10.2 Å². The van der Waals surface area contributed by atoms with Crippen molar-refractivity contribution in [3.63, 3.8) is 0 Å². The van der Waals surface area contributed by atoms with Crippen molar-refractivity contribution in [2.24, 2.45) is 0 Å². The number of aromatic amines is 1. The summed E-state index contributed by atoms with van der Waals surface area (Å²) in [7, 11) is 0. The molecule has 7 heteroatoms. The maximum atomic E-state index is 12.0. The summed E-state index contributed by atoms with van der Waals surface area (Å²) in [5.41, 5.74) is 6.55. The molecule has 2 aromatic heterocycles. The van der Waals surface area contributed by atoms with Gasteiger partial charge < -0.3 is 5.32 Å². The summed E-state index contributed by atoms with van der Waals surface area (Å²) in [5.74, 6) is 1.03. The average Bonchev–Trinajstić information content (AvgIpc) is 3.04. The van der Waals surface area contributed by atoms with Crippen LogP contribution < -0.4 is 5.32 Å². The molecule has 1 aliphatic heterocycles. The standard InChI is InChI=1S/C19H21N5OS/c1-11-17-18(26-10-15(25)20-19(17)22-21-11)16-12(2)23-24(13(16)3)9-14-7-5-4-6-8-14/h4-8,18H,9-10H2,1-3H3,(H2,20,21,22,25). The molecule has 4 rings (SSSR count). The molecule has 6 nitrogen and oxygen atoms in total. The van der Waals surface area contributed by atoms with E-state index < -0.39 is 0 Å². The first kappa shape index (κ1) is 16.9. The molecule has 134 valence electrons. The van der Waals surface area contributed by atoms with Gasteiger partial charge in [0.1, 0.15) is 0 Å². The highest BCUT2D eigenvalue weighted by Crippen LogP contribution is 2.44. The third kappa shape index (κ3) is 2.92. The minimum atomic E-state index is -0.0165. The molecule has 2 N–H and O–H groups in total. The number of fused-ring (bicyclic) bond motifs is 1. The fourth-order valence-corrected chi connectivity index (χ4v) is 4.85. The highest BCUT2D eigenvalue weighted by Gasteiger charge is 2.31. The number of benzene rings is 1. The highest BCUT2D eigenvalue weighted by atomic mass is 32.2. The van der Waals surface area contributed by atoms with Gasteiger partial charge in [0.05, 0.1) is 23.2 Å². The Morgan fingerprint density at radius 3 is 2.73 bits per heavy atom. The summed E-state index contributed by atoms with van der Waals surface area (Å²) in [6, 6.07) is 10.3. The van der Waals surface area contributed by atoms with Gasteiger partial charge in [-0.25, -0.2) is 0 Å². The van der Waals surface area contributed by atoms with Crippen molar-refractivity contribution in [2.45, 2.75) is 32.6 Å². The van der Waals surface area contributed by atoms with Crippen molar-refractivity contribution in [2.75, 3.05) is 11.1 Å². The average molecular weight is 367 g/mol. The van der Waals surface area contributed by atoms with Crippen molar-refractivity contribution in [1.29, 1.82) is 0 Å². The zero-order valence-corrected chi connectivity index (χ0v) is 15.9. The summed E-state index contributed by atoms with van der Waals surface area (Å²) >= 11 is 1.63. The van der Waals surface area contributed by atoms with Crippen LogP contribution in [0.1, 0.15) is 39.0 Å². The number of thioether (sulfide) groups is 1. The molecule has 0 spiro atoms. The largest absolute Gasteiger partial charge is 0.308 e. The van der Waals surface area contributed by atoms with E-state index in [2.05, 4.69) is 39.3 Å². The molecule has 26 heavy (non-hydrogen) atoms. The predicted molar refractivity (Wildman–Crippen MR) is 104 cm³/mol. The lowest BCUT2D eigenvalue weighted by Gasteiger charge is -2.16. The quantitative estimate of drug-likeness (QED) is 0.744. The molecule has 0 aliphatic carbocycles. The molecule has 1 aromatic carbocycles. The fraction of sp³-hybridized carbons (Fsp3) is 0.316. The van der Waals surface area contributed by atoms with E-state index in [9.17, 15) is 4.79 Å². The Balaban J connectivity index is 1.76. The summed E-state index contributed by atoms with van der Waals surface area (Å²) in [4.78, 5) is 12.0. The number of carbonyl (C=O) groups is 1. The van der Waals surface area contributed by atoms with Crippen LogP contribution in [0.3, 0.4) is 0 Å². The van der Waals surface area contributed by atoms with Gasteiger partial charge in [0.2, 0.25) is 5.91 Å². The smallest absolute Gasteiger partial charge is 0.235 e. The van der Waals surface area contributed by atoms with E-state index >= 15 is 0 Å². The van der Waals surface area contributed by atoms with Crippen LogP contribution in [0.2, 0.25) is 0 Å². The number of nitrogens with one attached hydrogen (secondary N) is 2. The summed E-state index contributed by atoms with van der Waals surface area (Å²) in [5, 5.41) is 15.0. The first-order valence-electron chi connectivity index (χ1n) is 8.58. The van der Waals surface area contributed by atoms with Gasteiger partial charge in [-0.1, -0.05) is 30.3 Å². The third-order valence-electron chi connectivity index (χ3n) is 4.77. The Morgan fingerprint density at radius 2 is 1.96 bits per heavy atom. The Kier molecular flexibility index (Phi) is 4.32. The van der Waals surface area contributed by atoms with E-state index in [4.69, 9.17) is 5.10 Å². The predicted octanol–water partition coefficient (Wildman–Crippen LogP) is 3.35. The maximum absolute atomic E-state index is 12.0. The van der Waals surface area contributed by atoms with Crippen LogP contribution in [-0.2, 0) is 11.3 Å². The zero-order chi connectivity index (χ0) is 18.3. The van der Waals surface area contributed by atoms with Crippen molar-refractivity contribution in [3.05, 3.63) is 64.1 Å². The zero-order valence-electron chi connectivity index (χ0n) is 15.0. The minimum Gasteiger partial charge on any atom is -0.308 e. The van der Waals surface area contributed by atoms with E-state index in [0.29, 0.717) is 11.6 Å². The summed E-state index contributed by atoms with van der Waals surface area (Å²) in [6.07, 6.45) is 0. The van der Waals surface area contributed by atoms with E-state index in [1.54, 1.807) is 11.8 Å². The number of nitrogens with zero attached hydrogens (tertiary/aromatic N) is 3. The van der Waals surface area contributed by atoms with Crippen molar-refractivity contribution >= 4 is 23.5 Å². The molecule has 3 heterocycles. The molecule has 1 aliphatic rings. The van der Waals surface area contributed by atoms with Gasteiger partial charge in [-0.05, 0) is 26.3 Å². The minimum absolute atomic E-state index is 0.0165. The fourth-order valence-electron chi connectivity index (χ4n) is 3.49. The second kappa shape index (κ2) is 6.64. The third-order valence-corrected chi connectivity index (χ3v) is 6.00. The summed E-state index contributed by atoms with van der Waals surface area (Å²) in [6.45, 7) is 6.88. The van der Waals surface area contributed by atoms with Crippen LogP contribution in [0.4, 0.5) is 5.82 Å². The number of rotatable bonds is 3. The van der Waals surface area contributed by atoms with Crippen LogP contribution >= 0.6 is 11.8 Å². The van der Waals surface area contributed by atoms with E-state index in [1.807, 2.05) is 32.0 Å². The van der Waals surface area contributed by atoms with Crippen LogP contribution in [-0.4, -0.2) is 31.6 Å². The van der Waals surface area contributed by atoms with Gasteiger partial charge in [0, 0.05) is 22.5 Å². The van der Waals surface area contributed by atoms with Crippen LogP contribution in [0.25, 0.3) is 0 Å². The second-order valence-electron chi connectivity index (χ2n) is 6.58. The van der Waals surface area contributed by atoms with Crippen molar-refractivity contribution in [3.8, 4) is 0 Å². The van der Waals surface area contributed by atoms with Crippen LogP contribution in [0, 0.1) is 20.8 Å². The number of amides is 1. The number of aromatic nitrogens is 4. The number of hydrogen-bond donors (Lipinski definition) is 2. The number of aryl methyl sites for hydroxylation is 2. The van der Waals surface area contributed by atoms with Gasteiger partial charge in [-0.3, -0.25) is 14.6 Å². The lowest BCUT2D eigenvalue weighted by Crippen LogP contribution is -2.12. The molecular weight excluding hydrogens is 346 g/mol. The van der Waals surface area contributed by atoms with Gasteiger partial charge >= 0.3 is 0 Å². The van der Waals surface area contributed by atoms with Gasteiger partial charge in [-0.15, -0.1) is 11.8 Å². The van der Waals surface area contributed by atoms with Gasteiger partial charge in [0.25, 0.3) is 0 Å². The molecule has 0 saturated heterocycles. The Labute approximate surface area is 156 Å². The van der Waals surface area contributed by atoms with Crippen molar-refractivity contribution in [1.82, 2.24) is 20.0 Å². The van der Waals surface area contributed by atoms with Crippen LogP contribution in [0.5, 0.6) is 0 Å². The second-order valence-corrected chi connectivity index (χ2v) is 7.67. The lowest BCUT2D eigenvalue weighted by atomic mass is 10.0. The maximum Gasteiger partial charge on any atom is 0.235 e.